The number of azo groups is 1. The molecular formula is C11H7N3O2. The van der Waals surface area contributed by atoms with Gasteiger partial charge in [0, 0.05) is 5.22 Å². The monoisotopic (exact) mass is 213 g/mol. The first-order valence-electron chi connectivity index (χ1n) is 4.78. The maximum atomic E-state index is 11.1. The van der Waals surface area contributed by atoms with Gasteiger partial charge < -0.3 is 4.74 Å². The number of ether oxygens (including phenoxy) is 1. The maximum absolute atomic E-state index is 11.1. The van der Waals surface area contributed by atoms with Crippen molar-refractivity contribution in [1.82, 2.24) is 0 Å². The molecule has 0 saturated carbocycles. The van der Waals surface area contributed by atoms with Crippen LogP contribution in [0.5, 0.6) is 5.75 Å². The molecule has 0 N–H and O–H groups in total. The molecule has 0 unspecified atom stereocenters. The lowest BCUT2D eigenvalue weighted by atomic mass is 10.1. The molecule has 0 bridgehead atoms. The molecule has 0 fully saturated rings. The van der Waals surface area contributed by atoms with Crippen molar-refractivity contribution in [2.75, 3.05) is 6.61 Å². The third-order valence-electron chi connectivity index (χ3n) is 2.35. The summed E-state index contributed by atoms with van der Waals surface area (Å²) in [6.45, 7) is 0.00312. The van der Waals surface area contributed by atoms with Crippen LogP contribution in [0, 0.1) is 0 Å². The Hall–Kier alpha value is -2.30. The Kier molecular flexibility index (Phi) is 1.89. The smallest absolute Gasteiger partial charge is 0.284 e. The second-order valence-electron chi connectivity index (χ2n) is 3.42. The molecule has 2 aliphatic rings. The molecule has 0 saturated heterocycles. The lowest BCUT2D eigenvalue weighted by Gasteiger charge is -2.09. The van der Waals surface area contributed by atoms with E-state index in [9.17, 15) is 4.79 Å². The SMILES string of the molecule is O=C1COc2cc3c(cc2=N1)C=CN=NC=3. The molecule has 16 heavy (non-hydrogen) atoms. The quantitative estimate of drug-likeness (QED) is 0.626. The topological polar surface area (TPSA) is 63.4 Å². The molecule has 1 aromatic rings. The summed E-state index contributed by atoms with van der Waals surface area (Å²) >= 11 is 0. The molecule has 2 heterocycles. The van der Waals surface area contributed by atoms with Gasteiger partial charge in [-0.25, -0.2) is 4.99 Å². The third kappa shape index (κ3) is 1.42. The van der Waals surface area contributed by atoms with Crippen molar-refractivity contribution in [3.05, 3.63) is 34.5 Å². The fraction of sp³-hybridized carbons (Fsp3) is 0.0909. The molecule has 0 aliphatic carbocycles. The normalized spacial score (nSPS) is 16.4. The summed E-state index contributed by atoms with van der Waals surface area (Å²) in [4.78, 5) is 15.0. The molecule has 5 heteroatoms. The highest BCUT2D eigenvalue weighted by atomic mass is 16.5. The summed E-state index contributed by atoms with van der Waals surface area (Å²) < 4.78 is 5.28. The molecular weight excluding hydrogens is 206 g/mol. The Labute approximate surface area is 90.5 Å². The van der Waals surface area contributed by atoms with Crippen LogP contribution in [0.4, 0.5) is 0 Å². The predicted octanol–water partition coefficient (Wildman–Crippen LogP) is 0.400. The van der Waals surface area contributed by atoms with Gasteiger partial charge in [-0.2, -0.15) is 10.2 Å². The van der Waals surface area contributed by atoms with Crippen molar-refractivity contribution in [1.29, 1.82) is 0 Å². The third-order valence-corrected chi connectivity index (χ3v) is 2.35. The zero-order valence-electron chi connectivity index (χ0n) is 8.25. The van der Waals surface area contributed by atoms with Gasteiger partial charge in [0.05, 0.1) is 12.4 Å². The van der Waals surface area contributed by atoms with Crippen molar-refractivity contribution in [3.63, 3.8) is 0 Å². The molecule has 0 aromatic heterocycles. The fourth-order valence-corrected chi connectivity index (χ4v) is 1.61. The van der Waals surface area contributed by atoms with Crippen LogP contribution in [0.1, 0.15) is 5.56 Å². The van der Waals surface area contributed by atoms with Gasteiger partial charge in [-0.3, -0.25) is 4.79 Å². The standard InChI is InChI=1S/C11H7N3O2/c15-11-6-16-10-4-8-5-13-12-2-1-7(8)3-9(10)14-11/h1-5H,6H2. The summed E-state index contributed by atoms with van der Waals surface area (Å²) in [6.07, 6.45) is 5.06. The van der Waals surface area contributed by atoms with E-state index in [0.29, 0.717) is 11.1 Å². The van der Waals surface area contributed by atoms with Gasteiger partial charge in [-0.1, -0.05) is 0 Å². The lowest BCUT2D eigenvalue weighted by molar-refractivity contribution is -0.120. The average Bonchev–Trinajstić information content (AvgIpc) is 2.50. The van der Waals surface area contributed by atoms with E-state index in [1.807, 2.05) is 12.1 Å². The fourth-order valence-electron chi connectivity index (χ4n) is 1.61. The van der Waals surface area contributed by atoms with Crippen LogP contribution in [0.15, 0.2) is 33.6 Å². The van der Waals surface area contributed by atoms with E-state index in [4.69, 9.17) is 4.74 Å². The summed E-state index contributed by atoms with van der Waals surface area (Å²) in [7, 11) is 0. The van der Waals surface area contributed by atoms with E-state index in [1.165, 1.54) is 0 Å². The second-order valence-corrected chi connectivity index (χ2v) is 3.42. The molecule has 5 nitrogen and oxygen atoms in total. The first-order valence-corrected chi connectivity index (χ1v) is 4.78. The molecule has 0 radical (unpaired) electrons. The Morgan fingerprint density at radius 2 is 2.19 bits per heavy atom. The lowest BCUT2D eigenvalue weighted by Crippen LogP contribution is -2.26. The second kappa shape index (κ2) is 3.37. The minimum absolute atomic E-state index is 0.00312. The van der Waals surface area contributed by atoms with Gasteiger partial charge >= 0.3 is 0 Å². The molecule has 1 aromatic carbocycles. The summed E-state index contributed by atoms with van der Waals surface area (Å²) in [5.41, 5.74) is 0.922. The number of benzene rings is 1. The molecule has 1 amide bonds. The van der Waals surface area contributed by atoms with Crippen molar-refractivity contribution < 1.29 is 9.53 Å². The molecule has 0 atom stereocenters. The van der Waals surface area contributed by atoms with E-state index in [1.54, 1.807) is 18.5 Å². The minimum Gasteiger partial charge on any atom is -0.481 e. The van der Waals surface area contributed by atoms with Gasteiger partial charge in [-0.05, 0) is 23.8 Å². The van der Waals surface area contributed by atoms with Gasteiger partial charge in [0.1, 0.15) is 11.1 Å². The maximum Gasteiger partial charge on any atom is 0.284 e. The van der Waals surface area contributed by atoms with Crippen LogP contribution < -0.4 is 15.3 Å². The number of carbonyl (C=O) groups is 1. The summed E-state index contributed by atoms with van der Waals surface area (Å²) in [5.74, 6) is 0.350. The number of hydrogen-bond donors (Lipinski definition) is 0. The number of amides is 1. The highest BCUT2D eigenvalue weighted by Gasteiger charge is 2.11. The molecule has 0 spiro atoms. The minimum atomic E-state index is -0.261. The number of nitrogens with zero attached hydrogens (tertiary/aromatic N) is 3. The first-order chi connectivity index (χ1) is 7.83. The van der Waals surface area contributed by atoms with Gasteiger partial charge in [-0.15, -0.1) is 0 Å². The van der Waals surface area contributed by atoms with E-state index in [0.717, 1.165) is 10.8 Å². The number of hydrogen-bond acceptors (Lipinski definition) is 4. The Bertz CT molecular complexity index is 644. The van der Waals surface area contributed by atoms with Crippen LogP contribution in [0.2, 0.25) is 0 Å². The van der Waals surface area contributed by atoms with E-state index >= 15 is 0 Å². The Morgan fingerprint density at radius 1 is 1.25 bits per heavy atom. The molecule has 78 valence electrons. The largest absolute Gasteiger partial charge is 0.481 e. The van der Waals surface area contributed by atoms with E-state index < -0.39 is 0 Å². The van der Waals surface area contributed by atoms with Crippen LogP contribution in [-0.4, -0.2) is 12.5 Å². The Balaban J connectivity index is 2.33. The van der Waals surface area contributed by atoms with Crippen molar-refractivity contribution >= 4 is 18.2 Å². The van der Waals surface area contributed by atoms with E-state index in [2.05, 4.69) is 15.2 Å². The van der Waals surface area contributed by atoms with Gasteiger partial charge in [0.2, 0.25) is 0 Å². The zero-order chi connectivity index (χ0) is 11.0. The van der Waals surface area contributed by atoms with Gasteiger partial charge in [0.15, 0.2) is 6.61 Å². The van der Waals surface area contributed by atoms with Crippen LogP contribution >= 0.6 is 0 Å². The van der Waals surface area contributed by atoms with Crippen LogP contribution in [0.25, 0.3) is 12.3 Å². The Morgan fingerprint density at radius 3 is 3.12 bits per heavy atom. The van der Waals surface area contributed by atoms with Crippen molar-refractivity contribution in [2.24, 2.45) is 15.2 Å². The molecule has 3 rings (SSSR count). The first kappa shape index (κ1) is 8.96. The summed E-state index contributed by atoms with van der Waals surface area (Å²) in [6, 6.07) is 3.61. The number of fused-ring (bicyclic) bond motifs is 2. The number of carbonyl (C=O) groups excluding carboxylic acids is 1. The highest BCUT2D eigenvalue weighted by molar-refractivity contribution is 5.79. The van der Waals surface area contributed by atoms with Crippen LogP contribution in [-0.2, 0) is 4.79 Å². The zero-order valence-corrected chi connectivity index (χ0v) is 8.25. The highest BCUT2D eigenvalue weighted by Crippen LogP contribution is 2.07. The number of rotatable bonds is 0. The van der Waals surface area contributed by atoms with Crippen molar-refractivity contribution in [2.45, 2.75) is 0 Å². The van der Waals surface area contributed by atoms with E-state index in [-0.39, 0.29) is 12.5 Å². The van der Waals surface area contributed by atoms with Crippen molar-refractivity contribution in [3.8, 4) is 5.75 Å². The average molecular weight is 213 g/mol. The summed E-state index contributed by atoms with van der Waals surface area (Å²) in [5, 5.41) is 9.08. The van der Waals surface area contributed by atoms with Gasteiger partial charge in [0.25, 0.3) is 5.91 Å². The predicted molar refractivity (Wildman–Crippen MR) is 56.1 cm³/mol. The molecule has 2 aliphatic heterocycles. The van der Waals surface area contributed by atoms with Crippen LogP contribution in [0.3, 0.4) is 0 Å².